The van der Waals surface area contributed by atoms with E-state index >= 15 is 0 Å². The van der Waals surface area contributed by atoms with Crippen molar-refractivity contribution in [1.82, 2.24) is 5.32 Å². The van der Waals surface area contributed by atoms with Gasteiger partial charge in [-0.15, -0.1) is 12.4 Å². The average molecular weight is 166 g/mol. The van der Waals surface area contributed by atoms with E-state index in [1.165, 1.54) is 0 Å². The van der Waals surface area contributed by atoms with E-state index < -0.39 is 5.97 Å². The van der Waals surface area contributed by atoms with Gasteiger partial charge in [0.1, 0.15) is 0 Å². The van der Waals surface area contributed by atoms with E-state index in [0.717, 1.165) is 19.5 Å². The first-order chi connectivity index (χ1) is 4.29. The van der Waals surface area contributed by atoms with Gasteiger partial charge >= 0.3 is 5.97 Å². The van der Waals surface area contributed by atoms with Gasteiger partial charge in [-0.05, 0) is 25.4 Å². The van der Waals surface area contributed by atoms with Crippen LogP contribution in [-0.4, -0.2) is 24.2 Å². The number of carbonyl (C=O) groups is 1. The first-order valence-electron chi connectivity index (χ1n) is 3.21. The average Bonchev–Trinajstić information content (AvgIpc) is 2.15. The van der Waals surface area contributed by atoms with Crippen molar-refractivity contribution in [2.45, 2.75) is 12.8 Å². The van der Waals surface area contributed by atoms with E-state index in [2.05, 4.69) is 5.32 Å². The third kappa shape index (κ3) is 3.03. The molecule has 0 aromatic rings. The first kappa shape index (κ1) is 9.72. The first-order valence-corrected chi connectivity index (χ1v) is 3.21. The Labute approximate surface area is 66.2 Å². The van der Waals surface area contributed by atoms with Crippen LogP contribution in [0, 0.1) is 5.92 Å². The summed E-state index contributed by atoms with van der Waals surface area (Å²) in [5, 5.41) is 11.5. The van der Waals surface area contributed by atoms with Crippen molar-refractivity contribution < 1.29 is 9.90 Å². The number of nitrogens with one attached hydrogen (secondary N) is 1. The quantitative estimate of drug-likeness (QED) is 0.626. The molecule has 3 nitrogen and oxygen atoms in total. The maximum absolute atomic E-state index is 10.1. The summed E-state index contributed by atoms with van der Waals surface area (Å²) in [5.74, 6) is -0.300. The molecule has 1 rings (SSSR count). The molecule has 0 saturated carbocycles. The molecule has 1 heterocycles. The minimum absolute atomic E-state index is 0. The zero-order valence-corrected chi connectivity index (χ0v) is 6.49. The van der Waals surface area contributed by atoms with Crippen LogP contribution >= 0.6 is 12.4 Å². The van der Waals surface area contributed by atoms with Crippen LogP contribution in [0.5, 0.6) is 0 Å². The van der Waals surface area contributed by atoms with Gasteiger partial charge in [-0.3, -0.25) is 4.79 Å². The van der Waals surface area contributed by atoms with Gasteiger partial charge in [0, 0.05) is 6.42 Å². The van der Waals surface area contributed by atoms with Crippen molar-refractivity contribution >= 4 is 18.4 Å². The van der Waals surface area contributed by atoms with Crippen molar-refractivity contribution in [1.29, 1.82) is 0 Å². The van der Waals surface area contributed by atoms with Gasteiger partial charge in [-0.2, -0.15) is 0 Å². The molecule has 0 aromatic carbocycles. The summed E-state index contributed by atoms with van der Waals surface area (Å²) < 4.78 is 0. The second kappa shape index (κ2) is 4.52. The monoisotopic (exact) mass is 165 g/mol. The van der Waals surface area contributed by atoms with Gasteiger partial charge in [0.05, 0.1) is 0 Å². The van der Waals surface area contributed by atoms with Crippen molar-refractivity contribution in [3.8, 4) is 0 Å². The Morgan fingerprint density at radius 2 is 2.40 bits per heavy atom. The van der Waals surface area contributed by atoms with E-state index in [1.54, 1.807) is 0 Å². The Hall–Kier alpha value is -0.280. The number of hydrogen-bond donors (Lipinski definition) is 2. The van der Waals surface area contributed by atoms with E-state index in [0.29, 0.717) is 12.3 Å². The van der Waals surface area contributed by atoms with Crippen molar-refractivity contribution in [3.63, 3.8) is 0 Å². The van der Waals surface area contributed by atoms with Crippen LogP contribution in [0.2, 0.25) is 0 Å². The van der Waals surface area contributed by atoms with Crippen molar-refractivity contribution in [2.75, 3.05) is 13.1 Å². The van der Waals surface area contributed by atoms with Gasteiger partial charge in [0.15, 0.2) is 0 Å². The number of aliphatic carboxylic acids is 1. The standard InChI is InChI=1S/C6H11NO2.ClH/c8-6(9)3-5-1-2-7-4-5;/h5,7H,1-4H2,(H,8,9);1H/t5-;/m1./s1. The molecular weight excluding hydrogens is 154 g/mol. The van der Waals surface area contributed by atoms with Crippen molar-refractivity contribution in [3.05, 3.63) is 0 Å². The second-order valence-corrected chi connectivity index (χ2v) is 2.46. The molecule has 1 fully saturated rings. The molecule has 1 atom stereocenters. The lowest BCUT2D eigenvalue weighted by atomic mass is 10.1. The predicted molar refractivity (Wildman–Crippen MR) is 40.5 cm³/mol. The SMILES string of the molecule is Cl.O=C(O)C[C@H]1CCNC1. The molecule has 60 valence electrons. The molecule has 1 aliphatic rings. The fraction of sp³-hybridized carbons (Fsp3) is 0.833. The van der Waals surface area contributed by atoms with E-state index in [-0.39, 0.29) is 12.4 Å². The molecule has 1 aliphatic heterocycles. The minimum Gasteiger partial charge on any atom is -0.481 e. The van der Waals surface area contributed by atoms with Crippen LogP contribution in [0.25, 0.3) is 0 Å². The summed E-state index contributed by atoms with van der Waals surface area (Å²) in [6.07, 6.45) is 1.35. The number of hydrogen-bond acceptors (Lipinski definition) is 2. The summed E-state index contributed by atoms with van der Waals surface area (Å²) >= 11 is 0. The predicted octanol–water partition coefficient (Wildman–Crippen LogP) is 0.492. The third-order valence-corrected chi connectivity index (χ3v) is 1.63. The zero-order chi connectivity index (χ0) is 6.69. The van der Waals surface area contributed by atoms with Crippen LogP contribution in [-0.2, 0) is 4.79 Å². The summed E-state index contributed by atoms with van der Waals surface area (Å²) in [4.78, 5) is 10.1. The molecule has 4 heteroatoms. The molecule has 0 aromatic heterocycles. The highest BCUT2D eigenvalue weighted by Gasteiger charge is 2.16. The molecule has 10 heavy (non-hydrogen) atoms. The van der Waals surface area contributed by atoms with Gasteiger partial charge < -0.3 is 10.4 Å². The Morgan fingerprint density at radius 1 is 1.70 bits per heavy atom. The summed E-state index contributed by atoms with van der Waals surface area (Å²) in [6.45, 7) is 1.87. The maximum atomic E-state index is 10.1. The largest absolute Gasteiger partial charge is 0.481 e. The lowest BCUT2D eigenvalue weighted by Gasteiger charge is -2.00. The lowest BCUT2D eigenvalue weighted by molar-refractivity contribution is -0.137. The van der Waals surface area contributed by atoms with Crippen molar-refractivity contribution in [2.24, 2.45) is 5.92 Å². The van der Waals surface area contributed by atoms with Crippen LogP contribution in [0.1, 0.15) is 12.8 Å². The van der Waals surface area contributed by atoms with Crippen LogP contribution in [0.3, 0.4) is 0 Å². The molecule has 0 bridgehead atoms. The molecule has 0 spiro atoms. The second-order valence-electron chi connectivity index (χ2n) is 2.46. The molecule has 2 N–H and O–H groups in total. The van der Waals surface area contributed by atoms with E-state index in [1.807, 2.05) is 0 Å². The Bertz CT molecular complexity index is 112. The highest BCUT2D eigenvalue weighted by molar-refractivity contribution is 5.85. The number of rotatable bonds is 2. The number of halogens is 1. The molecule has 1 saturated heterocycles. The fourth-order valence-electron chi connectivity index (χ4n) is 1.14. The number of carboxylic acid groups (broad SMARTS) is 1. The smallest absolute Gasteiger partial charge is 0.303 e. The summed E-state index contributed by atoms with van der Waals surface area (Å²) in [7, 11) is 0. The minimum atomic E-state index is -0.677. The van der Waals surface area contributed by atoms with E-state index in [9.17, 15) is 4.79 Å². The zero-order valence-electron chi connectivity index (χ0n) is 5.67. The molecule has 0 unspecified atom stereocenters. The molecule has 0 radical (unpaired) electrons. The van der Waals surface area contributed by atoms with Gasteiger partial charge in [-0.1, -0.05) is 0 Å². The molecular formula is C6H12ClNO2. The topological polar surface area (TPSA) is 49.3 Å². The van der Waals surface area contributed by atoms with Crippen LogP contribution < -0.4 is 5.32 Å². The van der Waals surface area contributed by atoms with Gasteiger partial charge in [0.2, 0.25) is 0 Å². The lowest BCUT2D eigenvalue weighted by Crippen LogP contribution is -2.11. The van der Waals surface area contributed by atoms with E-state index in [4.69, 9.17) is 5.11 Å². The molecule has 0 amide bonds. The van der Waals surface area contributed by atoms with Crippen LogP contribution in [0.15, 0.2) is 0 Å². The fourth-order valence-corrected chi connectivity index (χ4v) is 1.14. The third-order valence-electron chi connectivity index (χ3n) is 1.63. The summed E-state index contributed by atoms with van der Waals surface area (Å²) in [6, 6.07) is 0. The van der Waals surface area contributed by atoms with Crippen LogP contribution in [0.4, 0.5) is 0 Å². The molecule has 0 aliphatic carbocycles. The Balaban J connectivity index is 0.000000810. The highest BCUT2D eigenvalue weighted by Crippen LogP contribution is 2.10. The normalized spacial score (nSPS) is 23.8. The Morgan fingerprint density at radius 3 is 2.80 bits per heavy atom. The Kier molecular flexibility index (Phi) is 4.40. The summed E-state index contributed by atoms with van der Waals surface area (Å²) in [5.41, 5.74) is 0. The van der Waals surface area contributed by atoms with Gasteiger partial charge in [0.25, 0.3) is 0 Å². The maximum Gasteiger partial charge on any atom is 0.303 e. The number of carboxylic acids is 1. The highest BCUT2D eigenvalue weighted by atomic mass is 35.5. The van der Waals surface area contributed by atoms with Gasteiger partial charge in [-0.25, -0.2) is 0 Å².